The van der Waals surface area contributed by atoms with E-state index in [9.17, 15) is 4.79 Å². The Bertz CT molecular complexity index is 377. The van der Waals surface area contributed by atoms with Gasteiger partial charge < -0.3 is 15.4 Å². The van der Waals surface area contributed by atoms with Gasteiger partial charge in [0.05, 0.1) is 23.0 Å². The van der Waals surface area contributed by atoms with Gasteiger partial charge in [-0.25, -0.2) is 4.79 Å². The molecule has 0 aliphatic carbocycles. The van der Waals surface area contributed by atoms with Crippen molar-refractivity contribution in [3.63, 3.8) is 0 Å². The van der Waals surface area contributed by atoms with E-state index >= 15 is 0 Å². The summed E-state index contributed by atoms with van der Waals surface area (Å²) in [7, 11) is 0. The van der Waals surface area contributed by atoms with Crippen molar-refractivity contribution in [1.29, 1.82) is 0 Å². The lowest BCUT2D eigenvalue weighted by Gasteiger charge is -2.23. The molecule has 0 aromatic carbocycles. The van der Waals surface area contributed by atoms with Crippen molar-refractivity contribution in [2.75, 3.05) is 13.2 Å². The second-order valence-electron chi connectivity index (χ2n) is 3.95. The number of carbonyl (C=O) groups is 1. The van der Waals surface area contributed by atoms with Gasteiger partial charge in [0, 0.05) is 11.5 Å². The van der Waals surface area contributed by atoms with Crippen LogP contribution in [0.2, 0.25) is 0 Å². The van der Waals surface area contributed by atoms with Crippen molar-refractivity contribution in [3.05, 3.63) is 20.8 Å². The Morgan fingerprint density at radius 3 is 3.12 bits per heavy atom. The molecule has 94 valence electrons. The Labute approximate surface area is 113 Å². The van der Waals surface area contributed by atoms with E-state index in [0.29, 0.717) is 13.2 Å². The summed E-state index contributed by atoms with van der Waals surface area (Å²) >= 11 is 5.02. The number of rotatable bonds is 3. The average Bonchev–Trinajstić information content (AvgIpc) is 2.74. The third-order valence-corrected chi connectivity index (χ3v) is 4.17. The number of nitrogens with one attached hydrogen (secondary N) is 2. The lowest BCUT2D eigenvalue weighted by Crippen LogP contribution is -2.45. The molecule has 1 atom stereocenters. The molecule has 1 aliphatic rings. The normalized spacial score (nSPS) is 19.9. The number of amides is 2. The maximum atomic E-state index is 11.6. The third-order valence-electron chi connectivity index (χ3n) is 2.55. The fourth-order valence-electron chi connectivity index (χ4n) is 1.71. The topological polar surface area (TPSA) is 50.4 Å². The molecule has 17 heavy (non-hydrogen) atoms. The zero-order valence-corrected chi connectivity index (χ0v) is 11.8. The summed E-state index contributed by atoms with van der Waals surface area (Å²) in [5.74, 6) is 0. The Kier molecular flexibility index (Phi) is 4.82. The van der Waals surface area contributed by atoms with Crippen LogP contribution in [-0.4, -0.2) is 25.3 Å². The lowest BCUT2D eigenvalue weighted by molar-refractivity contribution is 0.0732. The lowest BCUT2D eigenvalue weighted by atomic mass is 10.1. The molecule has 1 aliphatic heterocycles. The number of carbonyl (C=O) groups excluding carboxylic acids is 1. The van der Waals surface area contributed by atoms with E-state index in [4.69, 9.17) is 4.74 Å². The van der Waals surface area contributed by atoms with Gasteiger partial charge in [-0.15, -0.1) is 11.3 Å². The number of hydrogen-bond acceptors (Lipinski definition) is 3. The van der Waals surface area contributed by atoms with E-state index in [0.717, 1.165) is 28.1 Å². The minimum absolute atomic E-state index is 0.120. The van der Waals surface area contributed by atoms with E-state index in [1.165, 1.54) is 0 Å². The van der Waals surface area contributed by atoms with Crippen molar-refractivity contribution in [2.45, 2.75) is 25.4 Å². The SMILES string of the molecule is O=C(NCc1ccc(Br)s1)NC1CCCOC1. The standard InChI is InChI=1S/C11H15BrN2O2S/c12-10-4-3-9(17-10)6-13-11(15)14-8-2-1-5-16-7-8/h3-4,8H,1-2,5-7H2,(H2,13,14,15). The van der Waals surface area contributed by atoms with E-state index in [1.807, 2.05) is 12.1 Å². The molecule has 4 nitrogen and oxygen atoms in total. The first-order valence-electron chi connectivity index (χ1n) is 5.60. The van der Waals surface area contributed by atoms with Crippen LogP contribution in [0.5, 0.6) is 0 Å². The highest BCUT2D eigenvalue weighted by Gasteiger charge is 2.15. The van der Waals surface area contributed by atoms with Crippen LogP contribution in [0.3, 0.4) is 0 Å². The average molecular weight is 319 g/mol. The van der Waals surface area contributed by atoms with E-state index in [-0.39, 0.29) is 12.1 Å². The van der Waals surface area contributed by atoms with Crippen LogP contribution in [-0.2, 0) is 11.3 Å². The maximum absolute atomic E-state index is 11.6. The van der Waals surface area contributed by atoms with E-state index < -0.39 is 0 Å². The minimum Gasteiger partial charge on any atom is -0.379 e. The largest absolute Gasteiger partial charge is 0.379 e. The molecular formula is C11H15BrN2O2S. The summed E-state index contributed by atoms with van der Waals surface area (Å²) in [6, 6.07) is 4.01. The second kappa shape index (κ2) is 6.37. The Morgan fingerprint density at radius 2 is 2.47 bits per heavy atom. The summed E-state index contributed by atoms with van der Waals surface area (Å²) in [5, 5.41) is 5.76. The molecule has 2 N–H and O–H groups in total. The third kappa shape index (κ3) is 4.29. The first-order chi connectivity index (χ1) is 8.24. The predicted molar refractivity (Wildman–Crippen MR) is 71.2 cm³/mol. The summed E-state index contributed by atoms with van der Waals surface area (Å²) < 4.78 is 6.38. The van der Waals surface area contributed by atoms with Gasteiger partial charge in [0.15, 0.2) is 0 Å². The van der Waals surface area contributed by atoms with Crippen LogP contribution in [0.1, 0.15) is 17.7 Å². The first-order valence-corrected chi connectivity index (χ1v) is 7.21. The van der Waals surface area contributed by atoms with Gasteiger partial charge in [0.1, 0.15) is 0 Å². The molecule has 1 aromatic heterocycles. The van der Waals surface area contributed by atoms with Crippen LogP contribution in [0, 0.1) is 0 Å². The molecule has 1 fully saturated rings. The number of ether oxygens (including phenoxy) is 1. The maximum Gasteiger partial charge on any atom is 0.315 e. The van der Waals surface area contributed by atoms with Gasteiger partial charge in [0.25, 0.3) is 0 Å². The molecular weight excluding hydrogens is 304 g/mol. The van der Waals surface area contributed by atoms with Crippen molar-refractivity contribution in [3.8, 4) is 0 Å². The van der Waals surface area contributed by atoms with Crippen molar-refractivity contribution >= 4 is 33.3 Å². The van der Waals surface area contributed by atoms with Crippen molar-refractivity contribution < 1.29 is 9.53 Å². The Morgan fingerprint density at radius 1 is 1.59 bits per heavy atom. The number of thiophene rings is 1. The molecule has 2 amide bonds. The van der Waals surface area contributed by atoms with Crippen LogP contribution >= 0.6 is 27.3 Å². The fourth-order valence-corrected chi connectivity index (χ4v) is 3.13. The zero-order chi connectivity index (χ0) is 12.1. The van der Waals surface area contributed by atoms with Crippen molar-refractivity contribution in [1.82, 2.24) is 10.6 Å². The summed E-state index contributed by atoms with van der Waals surface area (Å²) in [4.78, 5) is 12.7. The number of hydrogen-bond donors (Lipinski definition) is 2. The highest BCUT2D eigenvalue weighted by molar-refractivity contribution is 9.11. The first kappa shape index (κ1) is 12.9. The van der Waals surface area contributed by atoms with Crippen LogP contribution in [0.25, 0.3) is 0 Å². The van der Waals surface area contributed by atoms with Crippen molar-refractivity contribution in [2.24, 2.45) is 0 Å². The molecule has 6 heteroatoms. The molecule has 1 aromatic rings. The molecule has 1 unspecified atom stereocenters. The summed E-state index contributed by atoms with van der Waals surface area (Å²) in [6.07, 6.45) is 2.01. The summed E-state index contributed by atoms with van der Waals surface area (Å²) in [5.41, 5.74) is 0. The minimum atomic E-state index is -0.120. The van der Waals surface area contributed by atoms with Crippen LogP contribution in [0.4, 0.5) is 4.79 Å². The van der Waals surface area contributed by atoms with Gasteiger partial charge in [-0.05, 0) is 40.9 Å². The highest BCUT2D eigenvalue weighted by Crippen LogP contribution is 2.21. The Hall–Kier alpha value is -0.590. The van der Waals surface area contributed by atoms with Gasteiger partial charge in [-0.2, -0.15) is 0 Å². The Balaban J connectivity index is 1.70. The van der Waals surface area contributed by atoms with E-state index in [2.05, 4.69) is 26.6 Å². The number of urea groups is 1. The molecule has 2 rings (SSSR count). The van der Waals surface area contributed by atoms with Gasteiger partial charge >= 0.3 is 6.03 Å². The van der Waals surface area contributed by atoms with Crippen LogP contribution < -0.4 is 10.6 Å². The molecule has 0 radical (unpaired) electrons. The monoisotopic (exact) mass is 318 g/mol. The fraction of sp³-hybridized carbons (Fsp3) is 0.545. The molecule has 2 heterocycles. The van der Waals surface area contributed by atoms with Gasteiger partial charge in [-0.1, -0.05) is 0 Å². The smallest absolute Gasteiger partial charge is 0.315 e. The molecule has 0 bridgehead atoms. The second-order valence-corrected chi connectivity index (χ2v) is 6.49. The van der Waals surface area contributed by atoms with E-state index in [1.54, 1.807) is 11.3 Å². The quantitative estimate of drug-likeness (QED) is 0.899. The molecule has 0 spiro atoms. The predicted octanol–water partition coefficient (Wildman–Crippen LogP) is 2.49. The number of halogens is 1. The van der Waals surface area contributed by atoms with Crippen LogP contribution in [0.15, 0.2) is 15.9 Å². The zero-order valence-electron chi connectivity index (χ0n) is 9.37. The highest BCUT2D eigenvalue weighted by atomic mass is 79.9. The van der Waals surface area contributed by atoms with Gasteiger partial charge in [-0.3, -0.25) is 0 Å². The van der Waals surface area contributed by atoms with Gasteiger partial charge in [0.2, 0.25) is 0 Å². The molecule has 0 saturated carbocycles. The molecule has 1 saturated heterocycles. The summed E-state index contributed by atoms with van der Waals surface area (Å²) in [6.45, 7) is 2.00.